The summed E-state index contributed by atoms with van der Waals surface area (Å²) in [6.07, 6.45) is 1.01. The Balaban J connectivity index is 3.16. The molecule has 0 aliphatic rings. The molecule has 0 N–H and O–H groups in total. The number of rotatable bonds is 4. The average Bonchev–Trinajstić information content (AvgIpc) is 2.34. The number of esters is 1. The van der Waals surface area contributed by atoms with Crippen LogP contribution in [0.2, 0.25) is 0 Å². The number of hydrogen-bond acceptors (Lipinski definition) is 3. The van der Waals surface area contributed by atoms with Gasteiger partial charge in [0.2, 0.25) is 0 Å². The maximum atomic E-state index is 11.3. The molecule has 3 nitrogen and oxygen atoms in total. The average molecular weight is 264 g/mol. The second kappa shape index (κ2) is 6.09. The molecule has 0 saturated carbocycles. The molecule has 0 bridgehead atoms. The highest BCUT2D eigenvalue weighted by Gasteiger charge is 2.22. The van der Waals surface area contributed by atoms with Crippen LogP contribution < -0.4 is 4.74 Å². The molecule has 0 radical (unpaired) electrons. The molecule has 0 spiro atoms. The van der Waals surface area contributed by atoms with Gasteiger partial charge in [-0.1, -0.05) is 38.5 Å². The van der Waals surface area contributed by atoms with Crippen molar-refractivity contribution in [1.82, 2.24) is 0 Å². The second-order valence-electron chi connectivity index (χ2n) is 5.83. The van der Waals surface area contributed by atoms with Crippen molar-refractivity contribution >= 4 is 5.97 Å². The summed E-state index contributed by atoms with van der Waals surface area (Å²) in [6.45, 7) is 8.55. The van der Waals surface area contributed by atoms with Crippen molar-refractivity contribution in [2.75, 3.05) is 14.2 Å². The van der Waals surface area contributed by atoms with Gasteiger partial charge < -0.3 is 9.47 Å². The third-order valence-corrected chi connectivity index (χ3v) is 3.15. The Hall–Kier alpha value is -1.51. The van der Waals surface area contributed by atoms with Gasteiger partial charge in [-0.2, -0.15) is 0 Å². The molecule has 106 valence electrons. The van der Waals surface area contributed by atoms with E-state index in [0.717, 1.165) is 11.3 Å². The molecule has 1 aromatic carbocycles. The molecule has 0 unspecified atom stereocenters. The second-order valence-corrected chi connectivity index (χ2v) is 5.83. The zero-order valence-electron chi connectivity index (χ0n) is 12.8. The molecule has 0 atom stereocenters. The Bertz CT molecular complexity index is 456. The first-order chi connectivity index (χ1) is 8.79. The first-order valence-electron chi connectivity index (χ1n) is 6.54. The number of benzene rings is 1. The van der Waals surface area contributed by atoms with Gasteiger partial charge in [0.05, 0.1) is 14.2 Å². The summed E-state index contributed by atoms with van der Waals surface area (Å²) >= 11 is 0. The standard InChI is InChI=1S/C16H24O3/c1-11-9-12(7-8-14(17)18-5)15(19-6)13(10-11)16(2,3)4/h9-10H,7-8H2,1-6H3. The maximum Gasteiger partial charge on any atom is 0.305 e. The quantitative estimate of drug-likeness (QED) is 0.782. The number of carbonyl (C=O) groups excluding carboxylic acids is 1. The Kier molecular flexibility index (Phi) is 4.98. The van der Waals surface area contributed by atoms with Gasteiger partial charge in [-0.05, 0) is 24.3 Å². The molecule has 0 fully saturated rings. The Labute approximate surface area is 115 Å². The monoisotopic (exact) mass is 264 g/mol. The summed E-state index contributed by atoms with van der Waals surface area (Å²) in [7, 11) is 3.10. The molecule has 19 heavy (non-hydrogen) atoms. The smallest absolute Gasteiger partial charge is 0.305 e. The van der Waals surface area contributed by atoms with E-state index in [1.165, 1.54) is 18.2 Å². The van der Waals surface area contributed by atoms with Crippen LogP contribution >= 0.6 is 0 Å². The van der Waals surface area contributed by atoms with Gasteiger partial charge in [0, 0.05) is 12.0 Å². The van der Waals surface area contributed by atoms with Crippen molar-refractivity contribution in [1.29, 1.82) is 0 Å². The van der Waals surface area contributed by atoms with Crippen molar-refractivity contribution in [3.63, 3.8) is 0 Å². The Morgan fingerprint density at radius 2 is 1.84 bits per heavy atom. The van der Waals surface area contributed by atoms with Crippen LogP contribution in [-0.2, 0) is 21.4 Å². The fourth-order valence-electron chi connectivity index (χ4n) is 2.17. The SMILES string of the molecule is COC(=O)CCc1cc(C)cc(C(C)(C)C)c1OC. The van der Waals surface area contributed by atoms with E-state index in [-0.39, 0.29) is 11.4 Å². The van der Waals surface area contributed by atoms with E-state index in [2.05, 4.69) is 39.8 Å². The van der Waals surface area contributed by atoms with Gasteiger partial charge in [-0.25, -0.2) is 0 Å². The lowest BCUT2D eigenvalue weighted by atomic mass is 9.83. The van der Waals surface area contributed by atoms with Gasteiger partial charge in [-0.15, -0.1) is 0 Å². The van der Waals surface area contributed by atoms with Crippen molar-refractivity contribution in [2.24, 2.45) is 0 Å². The van der Waals surface area contributed by atoms with Crippen LogP contribution in [0, 0.1) is 6.92 Å². The minimum absolute atomic E-state index is 0.0113. The van der Waals surface area contributed by atoms with E-state index >= 15 is 0 Å². The summed E-state index contributed by atoms with van der Waals surface area (Å²) in [6, 6.07) is 4.23. The molecule has 3 heteroatoms. The van der Waals surface area contributed by atoms with Crippen LogP contribution in [0.5, 0.6) is 5.75 Å². The van der Waals surface area contributed by atoms with E-state index in [0.29, 0.717) is 12.8 Å². The summed E-state index contributed by atoms with van der Waals surface area (Å²) < 4.78 is 10.3. The Morgan fingerprint density at radius 1 is 1.21 bits per heavy atom. The topological polar surface area (TPSA) is 35.5 Å². The van der Waals surface area contributed by atoms with Crippen molar-refractivity contribution in [3.8, 4) is 5.75 Å². The van der Waals surface area contributed by atoms with E-state index in [1.54, 1.807) is 7.11 Å². The lowest BCUT2D eigenvalue weighted by Crippen LogP contribution is -2.15. The molecule has 0 aliphatic heterocycles. The van der Waals surface area contributed by atoms with Crippen LogP contribution in [-0.4, -0.2) is 20.2 Å². The predicted molar refractivity (Wildman–Crippen MR) is 76.8 cm³/mol. The third kappa shape index (κ3) is 3.98. The molecule has 0 amide bonds. The highest BCUT2D eigenvalue weighted by atomic mass is 16.5. The number of methoxy groups -OCH3 is 2. The van der Waals surface area contributed by atoms with Gasteiger partial charge in [0.1, 0.15) is 5.75 Å². The fourth-order valence-corrected chi connectivity index (χ4v) is 2.17. The minimum Gasteiger partial charge on any atom is -0.496 e. The van der Waals surface area contributed by atoms with Gasteiger partial charge >= 0.3 is 5.97 Å². The predicted octanol–water partition coefficient (Wildman–Crippen LogP) is 3.41. The number of aryl methyl sites for hydroxylation is 2. The molecule has 1 rings (SSSR count). The molecular weight excluding hydrogens is 240 g/mol. The number of ether oxygens (including phenoxy) is 2. The summed E-state index contributed by atoms with van der Waals surface area (Å²) in [5.74, 6) is 0.697. The molecular formula is C16H24O3. The molecule has 0 aliphatic carbocycles. The van der Waals surface area contributed by atoms with Crippen molar-refractivity contribution in [2.45, 2.75) is 46.0 Å². The molecule has 0 aromatic heterocycles. The highest BCUT2D eigenvalue weighted by molar-refractivity contribution is 5.69. The van der Waals surface area contributed by atoms with Crippen LogP contribution in [0.1, 0.15) is 43.9 Å². The van der Waals surface area contributed by atoms with E-state index in [1.807, 2.05) is 0 Å². The maximum absolute atomic E-state index is 11.3. The zero-order chi connectivity index (χ0) is 14.6. The number of hydrogen-bond donors (Lipinski definition) is 0. The fraction of sp³-hybridized carbons (Fsp3) is 0.562. The summed E-state index contributed by atoms with van der Waals surface area (Å²) in [5, 5.41) is 0. The van der Waals surface area contributed by atoms with E-state index in [9.17, 15) is 4.79 Å². The molecule has 0 saturated heterocycles. The minimum atomic E-state index is -0.194. The van der Waals surface area contributed by atoms with Crippen molar-refractivity contribution in [3.05, 3.63) is 28.8 Å². The largest absolute Gasteiger partial charge is 0.496 e. The van der Waals surface area contributed by atoms with Gasteiger partial charge in [0.25, 0.3) is 0 Å². The van der Waals surface area contributed by atoms with Crippen LogP contribution in [0.25, 0.3) is 0 Å². The van der Waals surface area contributed by atoms with Crippen LogP contribution in [0.4, 0.5) is 0 Å². The van der Waals surface area contributed by atoms with Crippen molar-refractivity contribution < 1.29 is 14.3 Å². The molecule has 1 aromatic rings. The third-order valence-electron chi connectivity index (χ3n) is 3.15. The normalized spacial score (nSPS) is 11.3. The highest BCUT2D eigenvalue weighted by Crippen LogP contribution is 2.35. The Morgan fingerprint density at radius 3 is 2.32 bits per heavy atom. The van der Waals surface area contributed by atoms with E-state index < -0.39 is 0 Å². The zero-order valence-corrected chi connectivity index (χ0v) is 12.8. The van der Waals surface area contributed by atoms with Gasteiger partial charge in [-0.3, -0.25) is 4.79 Å². The molecule has 0 heterocycles. The first-order valence-corrected chi connectivity index (χ1v) is 6.54. The van der Waals surface area contributed by atoms with Crippen LogP contribution in [0.15, 0.2) is 12.1 Å². The lowest BCUT2D eigenvalue weighted by Gasteiger charge is -2.24. The van der Waals surface area contributed by atoms with E-state index in [4.69, 9.17) is 9.47 Å². The number of carbonyl (C=O) groups is 1. The summed E-state index contributed by atoms with van der Waals surface area (Å²) in [5.41, 5.74) is 3.44. The lowest BCUT2D eigenvalue weighted by molar-refractivity contribution is -0.140. The first kappa shape index (κ1) is 15.5. The van der Waals surface area contributed by atoms with Crippen LogP contribution in [0.3, 0.4) is 0 Å². The summed E-state index contributed by atoms with van der Waals surface area (Å²) in [4.78, 5) is 11.3. The van der Waals surface area contributed by atoms with Gasteiger partial charge in [0.15, 0.2) is 0 Å².